The summed E-state index contributed by atoms with van der Waals surface area (Å²) in [5.41, 5.74) is 1.95. The largest absolute Gasteiger partial charge is 0.341 e. The van der Waals surface area contributed by atoms with Crippen molar-refractivity contribution in [2.75, 3.05) is 37.8 Å². The van der Waals surface area contributed by atoms with Crippen molar-refractivity contribution in [2.45, 2.75) is 31.9 Å². The minimum atomic E-state index is -0.197. The van der Waals surface area contributed by atoms with Crippen LogP contribution in [0.15, 0.2) is 24.3 Å². The van der Waals surface area contributed by atoms with Gasteiger partial charge in [0.05, 0.1) is 11.0 Å². The van der Waals surface area contributed by atoms with Crippen LogP contribution in [0.1, 0.15) is 25.3 Å². The molecule has 0 saturated carbocycles. The molecule has 1 aliphatic heterocycles. The fraction of sp³-hybridized carbons (Fsp3) is 0.579. The van der Waals surface area contributed by atoms with E-state index in [9.17, 15) is 9.59 Å². The number of nitrogens with zero attached hydrogens (tertiary/aromatic N) is 1. The molecule has 146 valence electrons. The fourth-order valence-electron chi connectivity index (χ4n) is 3.08. The second-order valence-electron chi connectivity index (χ2n) is 6.72. The molecule has 0 bridgehead atoms. The predicted molar refractivity (Wildman–Crippen MR) is 112 cm³/mol. The van der Waals surface area contributed by atoms with Crippen LogP contribution in [0.3, 0.4) is 0 Å². The van der Waals surface area contributed by atoms with Gasteiger partial charge in [0.1, 0.15) is 0 Å². The predicted octanol–water partition coefficient (Wildman–Crippen LogP) is 2.94. The molecule has 1 aliphatic rings. The van der Waals surface area contributed by atoms with Gasteiger partial charge < -0.3 is 15.5 Å². The van der Waals surface area contributed by atoms with Crippen LogP contribution < -0.4 is 10.6 Å². The Labute approximate surface area is 167 Å². The molecule has 0 aromatic heterocycles. The molecule has 2 atom stereocenters. The number of carbonyl (C=O) groups is 2. The molecule has 1 heterocycles. The molecule has 1 fully saturated rings. The van der Waals surface area contributed by atoms with Gasteiger partial charge in [-0.05, 0) is 58.3 Å². The highest BCUT2D eigenvalue weighted by Crippen LogP contribution is 2.20. The highest BCUT2D eigenvalue weighted by Gasteiger charge is 2.27. The van der Waals surface area contributed by atoms with Crippen molar-refractivity contribution in [3.63, 3.8) is 0 Å². The lowest BCUT2D eigenvalue weighted by atomic mass is 9.98. The highest BCUT2D eigenvalue weighted by molar-refractivity contribution is 8.01. The molecule has 7 heteroatoms. The molecule has 2 unspecified atom stereocenters. The number of amides is 2. The number of piperidine rings is 1. The molecule has 1 saturated heterocycles. The molecule has 0 radical (unpaired) electrons. The van der Waals surface area contributed by atoms with Crippen LogP contribution in [0.5, 0.6) is 0 Å². The van der Waals surface area contributed by atoms with Crippen LogP contribution in [0.25, 0.3) is 0 Å². The number of nitrogens with one attached hydrogen (secondary N) is 2. The summed E-state index contributed by atoms with van der Waals surface area (Å²) in [5.74, 6) is 0.896. The van der Waals surface area contributed by atoms with Gasteiger partial charge in [-0.25, -0.2) is 0 Å². The maximum absolute atomic E-state index is 12.6. The van der Waals surface area contributed by atoms with Crippen LogP contribution in [-0.4, -0.2) is 54.4 Å². The summed E-state index contributed by atoms with van der Waals surface area (Å²) in [7, 11) is 1.95. The first kappa shape index (κ1) is 22.8. The Morgan fingerprint density at radius 1 is 1.31 bits per heavy atom. The smallest absolute Gasteiger partial charge is 0.235 e. The van der Waals surface area contributed by atoms with Gasteiger partial charge in [-0.3, -0.25) is 9.59 Å². The number of hydrogen-bond donors (Lipinski definition) is 2. The first-order valence-corrected chi connectivity index (χ1v) is 9.96. The molecule has 0 aliphatic carbocycles. The number of anilines is 1. The van der Waals surface area contributed by atoms with E-state index in [0.29, 0.717) is 5.92 Å². The molecular weight excluding hydrogens is 370 g/mol. The third kappa shape index (κ3) is 7.17. The minimum absolute atomic E-state index is 0. The minimum Gasteiger partial charge on any atom is -0.341 e. The van der Waals surface area contributed by atoms with Crippen LogP contribution in [-0.2, 0) is 9.59 Å². The maximum Gasteiger partial charge on any atom is 0.235 e. The summed E-state index contributed by atoms with van der Waals surface area (Å²) in [4.78, 5) is 26.6. The number of likely N-dealkylation sites (tertiary alicyclic amines) is 1. The third-order valence-electron chi connectivity index (χ3n) is 4.47. The van der Waals surface area contributed by atoms with Gasteiger partial charge in [0.2, 0.25) is 11.8 Å². The fourth-order valence-corrected chi connectivity index (χ4v) is 3.85. The Bertz CT molecular complexity index is 581. The van der Waals surface area contributed by atoms with E-state index in [1.165, 1.54) is 18.2 Å². The second kappa shape index (κ2) is 11.5. The quantitative estimate of drug-likeness (QED) is 0.740. The molecule has 2 amide bonds. The number of thioether (sulfide) groups is 1. The summed E-state index contributed by atoms with van der Waals surface area (Å²) in [6.45, 7) is 6.51. The van der Waals surface area contributed by atoms with Gasteiger partial charge in [-0.15, -0.1) is 24.2 Å². The Morgan fingerprint density at radius 2 is 2.00 bits per heavy atom. The zero-order valence-corrected chi connectivity index (χ0v) is 17.4. The lowest BCUT2D eigenvalue weighted by molar-refractivity contribution is -0.132. The van der Waals surface area contributed by atoms with Crippen LogP contribution in [0, 0.1) is 12.8 Å². The average Bonchev–Trinajstić information content (AvgIpc) is 2.61. The van der Waals surface area contributed by atoms with E-state index in [0.717, 1.165) is 37.3 Å². The summed E-state index contributed by atoms with van der Waals surface area (Å²) < 4.78 is 0. The molecule has 2 N–H and O–H groups in total. The van der Waals surface area contributed by atoms with Gasteiger partial charge in [-0.1, -0.05) is 17.7 Å². The van der Waals surface area contributed by atoms with Crippen LogP contribution >= 0.6 is 24.2 Å². The third-order valence-corrected chi connectivity index (χ3v) is 5.60. The lowest BCUT2D eigenvalue weighted by Gasteiger charge is -2.34. The van der Waals surface area contributed by atoms with E-state index in [4.69, 9.17) is 0 Å². The van der Waals surface area contributed by atoms with Crippen molar-refractivity contribution in [2.24, 2.45) is 5.92 Å². The molecule has 26 heavy (non-hydrogen) atoms. The van der Waals surface area contributed by atoms with Crippen molar-refractivity contribution in [1.82, 2.24) is 10.2 Å². The second-order valence-corrected chi connectivity index (χ2v) is 8.05. The summed E-state index contributed by atoms with van der Waals surface area (Å²) in [6, 6.07) is 7.71. The average molecular weight is 400 g/mol. The Balaban J connectivity index is 0.00000338. The number of aryl methyl sites for hydroxylation is 1. The monoisotopic (exact) mass is 399 g/mol. The maximum atomic E-state index is 12.6. The van der Waals surface area contributed by atoms with E-state index in [1.54, 1.807) is 0 Å². The van der Waals surface area contributed by atoms with E-state index in [-0.39, 0.29) is 35.2 Å². The van der Waals surface area contributed by atoms with Gasteiger partial charge in [0, 0.05) is 18.8 Å². The number of benzene rings is 1. The lowest BCUT2D eigenvalue weighted by Crippen LogP contribution is -2.45. The van der Waals surface area contributed by atoms with Crippen molar-refractivity contribution in [3.05, 3.63) is 29.8 Å². The van der Waals surface area contributed by atoms with Crippen LogP contribution in [0.4, 0.5) is 5.69 Å². The number of hydrogen-bond acceptors (Lipinski definition) is 4. The van der Waals surface area contributed by atoms with Crippen molar-refractivity contribution >= 4 is 41.7 Å². The number of carbonyl (C=O) groups excluding carboxylic acids is 2. The summed E-state index contributed by atoms with van der Waals surface area (Å²) >= 11 is 1.40. The van der Waals surface area contributed by atoms with Gasteiger partial charge >= 0.3 is 0 Å². The zero-order chi connectivity index (χ0) is 18.2. The van der Waals surface area contributed by atoms with Gasteiger partial charge in [0.15, 0.2) is 0 Å². The van der Waals surface area contributed by atoms with Crippen molar-refractivity contribution in [1.29, 1.82) is 0 Å². The van der Waals surface area contributed by atoms with Gasteiger partial charge in [0.25, 0.3) is 0 Å². The van der Waals surface area contributed by atoms with Gasteiger partial charge in [-0.2, -0.15) is 0 Å². The molecule has 2 rings (SSSR count). The van der Waals surface area contributed by atoms with E-state index in [1.807, 2.05) is 50.1 Å². The molecule has 5 nitrogen and oxygen atoms in total. The standard InChI is InChI=1S/C19H29N3O2S.ClH/c1-14-6-8-17(9-7-14)21-18(23)13-25-15(2)19(24)22-10-4-5-16(12-22)11-20-3;/h6-9,15-16,20H,4-5,10-13H2,1-3H3,(H,21,23);1H. The van der Waals surface area contributed by atoms with Crippen molar-refractivity contribution < 1.29 is 9.59 Å². The van der Waals surface area contributed by atoms with E-state index >= 15 is 0 Å². The molecular formula is C19H30ClN3O2S. The molecule has 1 aromatic carbocycles. The highest BCUT2D eigenvalue weighted by atomic mass is 35.5. The van der Waals surface area contributed by atoms with E-state index in [2.05, 4.69) is 10.6 Å². The number of halogens is 1. The topological polar surface area (TPSA) is 61.4 Å². The van der Waals surface area contributed by atoms with E-state index < -0.39 is 0 Å². The van der Waals surface area contributed by atoms with Crippen LogP contribution in [0.2, 0.25) is 0 Å². The number of rotatable bonds is 7. The normalized spacial score (nSPS) is 18.0. The first-order valence-electron chi connectivity index (χ1n) is 8.91. The zero-order valence-electron chi connectivity index (χ0n) is 15.8. The summed E-state index contributed by atoms with van der Waals surface area (Å²) in [6.07, 6.45) is 2.23. The first-order chi connectivity index (χ1) is 12.0. The van der Waals surface area contributed by atoms with Crippen molar-refractivity contribution in [3.8, 4) is 0 Å². The molecule has 0 spiro atoms. The Morgan fingerprint density at radius 3 is 2.65 bits per heavy atom. The Hall–Kier alpha value is -1.24. The molecule has 1 aromatic rings. The Kier molecular flexibility index (Phi) is 10.1. The SMILES string of the molecule is CNCC1CCCN(C(=O)C(C)SCC(=O)Nc2ccc(C)cc2)C1.Cl. The summed E-state index contributed by atoms with van der Waals surface area (Å²) in [5, 5.41) is 5.87.